The molecule has 1 amide bonds. The first-order valence-electron chi connectivity index (χ1n) is 10.4. The third-order valence-corrected chi connectivity index (χ3v) is 6.06. The highest BCUT2D eigenvalue weighted by molar-refractivity contribution is 5.87. The Morgan fingerprint density at radius 2 is 2.14 bits per heavy atom. The smallest absolute Gasteiger partial charge is 0.225 e. The van der Waals surface area contributed by atoms with E-state index in [0.29, 0.717) is 18.3 Å². The molecule has 0 bridgehead atoms. The lowest BCUT2D eigenvalue weighted by Gasteiger charge is -2.42. The maximum absolute atomic E-state index is 12.8. The molecule has 0 aliphatic carbocycles. The summed E-state index contributed by atoms with van der Waals surface area (Å²) in [6.07, 6.45) is 4.55. The van der Waals surface area contributed by atoms with E-state index in [4.69, 9.17) is 5.73 Å². The zero-order valence-electron chi connectivity index (χ0n) is 17.4. The number of carbonyl (C=O) groups is 1. The van der Waals surface area contributed by atoms with Gasteiger partial charge in [-0.15, -0.1) is 0 Å². The number of carbonyl (C=O) groups excluding carboxylic acids is 1. The normalized spacial score (nSPS) is 17.2. The second kappa shape index (κ2) is 7.82. The number of hydrogen-bond acceptors (Lipinski definition) is 4. The second-order valence-corrected chi connectivity index (χ2v) is 8.10. The van der Waals surface area contributed by atoms with E-state index in [-0.39, 0.29) is 11.8 Å². The van der Waals surface area contributed by atoms with Crippen molar-refractivity contribution in [3.8, 4) is 11.3 Å². The molecule has 2 N–H and O–H groups in total. The molecular weight excluding hydrogens is 360 g/mol. The third-order valence-electron chi connectivity index (χ3n) is 6.06. The minimum absolute atomic E-state index is 0.105. The summed E-state index contributed by atoms with van der Waals surface area (Å²) < 4.78 is 0. The molecule has 3 aromatic rings. The first kappa shape index (κ1) is 19.4. The Kier molecular flexibility index (Phi) is 5.22. The van der Waals surface area contributed by atoms with Gasteiger partial charge in [0.05, 0.1) is 11.2 Å². The molecule has 2 unspecified atom stereocenters. The Labute approximate surface area is 172 Å². The van der Waals surface area contributed by atoms with Crippen LogP contribution in [0.4, 0.5) is 5.82 Å². The molecule has 4 rings (SSSR count). The number of nitrogen functional groups attached to an aromatic ring is 1. The van der Waals surface area contributed by atoms with Crippen LogP contribution in [0.25, 0.3) is 22.2 Å². The zero-order chi connectivity index (χ0) is 20.5. The van der Waals surface area contributed by atoms with E-state index in [1.165, 1.54) is 0 Å². The van der Waals surface area contributed by atoms with Crippen molar-refractivity contribution < 1.29 is 4.79 Å². The molecule has 0 radical (unpaired) electrons. The molecule has 0 spiro atoms. The molecule has 5 heteroatoms. The lowest BCUT2D eigenvalue weighted by molar-refractivity contribution is -0.142. The van der Waals surface area contributed by atoms with Crippen molar-refractivity contribution in [2.24, 2.45) is 5.92 Å². The number of rotatable bonds is 5. The molecule has 5 nitrogen and oxygen atoms in total. The minimum atomic E-state index is -0.105. The van der Waals surface area contributed by atoms with Gasteiger partial charge >= 0.3 is 0 Å². The van der Waals surface area contributed by atoms with Gasteiger partial charge in [-0.25, -0.2) is 4.98 Å². The summed E-state index contributed by atoms with van der Waals surface area (Å²) in [5, 5.41) is 1.02. The van der Waals surface area contributed by atoms with E-state index < -0.39 is 0 Å². The van der Waals surface area contributed by atoms with E-state index >= 15 is 0 Å². The number of hydrogen-bond donors (Lipinski definition) is 1. The van der Waals surface area contributed by atoms with Crippen molar-refractivity contribution in [1.82, 2.24) is 14.9 Å². The van der Waals surface area contributed by atoms with E-state index in [1.54, 1.807) is 0 Å². The maximum Gasteiger partial charge on any atom is 0.225 e. The largest absolute Gasteiger partial charge is 0.383 e. The molecule has 1 aliphatic rings. The second-order valence-electron chi connectivity index (χ2n) is 8.10. The van der Waals surface area contributed by atoms with Crippen molar-refractivity contribution in [2.45, 2.75) is 46.1 Å². The number of anilines is 1. The number of aromatic nitrogens is 2. The highest BCUT2D eigenvalue weighted by atomic mass is 16.2. The number of nitrogens with two attached hydrogens (primary N) is 1. The third kappa shape index (κ3) is 3.69. The number of aryl methyl sites for hydroxylation is 1. The summed E-state index contributed by atoms with van der Waals surface area (Å²) in [6, 6.07) is 12.6. The quantitative estimate of drug-likeness (QED) is 0.704. The van der Waals surface area contributed by atoms with E-state index in [0.717, 1.165) is 52.7 Å². The van der Waals surface area contributed by atoms with Crippen LogP contribution in [0.5, 0.6) is 0 Å². The van der Waals surface area contributed by atoms with E-state index in [9.17, 15) is 4.79 Å². The molecule has 1 saturated heterocycles. The first-order chi connectivity index (χ1) is 14.0. The molecule has 29 heavy (non-hydrogen) atoms. The van der Waals surface area contributed by atoms with Gasteiger partial charge in [-0.05, 0) is 61.6 Å². The summed E-state index contributed by atoms with van der Waals surface area (Å²) in [7, 11) is 0. The molecular formula is C24H28N4O. The molecule has 2 atom stereocenters. The van der Waals surface area contributed by atoms with Crippen LogP contribution in [0.1, 0.15) is 37.8 Å². The average molecular weight is 389 g/mol. The van der Waals surface area contributed by atoms with E-state index in [2.05, 4.69) is 42.0 Å². The Morgan fingerprint density at radius 3 is 2.83 bits per heavy atom. The van der Waals surface area contributed by atoms with Gasteiger partial charge in [-0.1, -0.05) is 26.0 Å². The van der Waals surface area contributed by atoms with Crippen molar-refractivity contribution in [2.75, 3.05) is 12.3 Å². The Balaban J connectivity index is 1.62. The SMILES string of the molecule is CCC1CCN1C(=O)C(C)Cc1cc2cc(-c3ncccc3C)ccc2nc1N. The van der Waals surface area contributed by atoms with Gasteiger partial charge in [0.2, 0.25) is 5.91 Å². The Morgan fingerprint density at radius 1 is 1.31 bits per heavy atom. The molecule has 2 aromatic heterocycles. The summed E-state index contributed by atoms with van der Waals surface area (Å²) in [5.74, 6) is 0.627. The Hall–Kier alpha value is -2.95. The van der Waals surface area contributed by atoms with Crippen molar-refractivity contribution in [3.05, 3.63) is 53.7 Å². The van der Waals surface area contributed by atoms with Crippen LogP contribution in [-0.2, 0) is 11.2 Å². The fourth-order valence-electron chi connectivity index (χ4n) is 4.19. The molecule has 1 fully saturated rings. The van der Waals surface area contributed by atoms with Crippen LogP contribution >= 0.6 is 0 Å². The van der Waals surface area contributed by atoms with Crippen molar-refractivity contribution in [1.29, 1.82) is 0 Å². The minimum Gasteiger partial charge on any atom is -0.383 e. The molecule has 0 saturated carbocycles. The van der Waals surface area contributed by atoms with Gasteiger partial charge in [0.1, 0.15) is 5.82 Å². The number of pyridine rings is 2. The maximum atomic E-state index is 12.8. The number of likely N-dealkylation sites (tertiary alicyclic amines) is 1. The van der Waals surface area contributed by atoms with Gasteiger partial charge < -0.3 is 10.6 Å². The van der Waals surface area contributed by atoms with Crippen molar-refractivity contribution in [3.63, 3.8) is 0 Å². The fourth-order valence-corrected chi connectivity index (χ4v) is 4.19. The first-order valence-corrected chi connectivity index (χ1v) is 10.4. The van der Waals surface area contributed by atoms with Crippen LogP contribution in [0, 0.1) is 12.8 Å². The lowest BCUT2D eigenvalue weighted by Crippen LogP contribution is -2.52. The lowest BCUT2D eigenvalue weighted by atomic mass is 9.93. The monoisotopic (exact) mass is 388 g/mol. The van der Waals surface area contributed by atoms with Crippen LogP contribution in [0.15, 0.2) is 42.6 Å². The number of nitrogens with zero attached hydrogens (tertiary/aromatic N) is 3. The summed E-state index contributed by atoms with van der Waals surface area (Å²) in [4.78, 5) is 23.9. The zero-order valence-corrected chi connectivity index (χ0v) is 17.4. The summed E-state index contributed by atoms with van der Waals surface area (Å²) in [6.45, 7) is 7.07. The highest BCUT2D eigenvalue weighted by Gasteiger charge is 2.33. The van der Waals surface area contributed by atoms with Crippen LogP contribution in [-0.4, -0.2) is 33.4 Å². The van der Waals surface area contributed by atoms with Crippen LogP contribution in [0.3, 0.4) is 0 Å². The van der Waals surface area contributed by atoms with Gasteiger partial charge in [0.15, 0.2) is 0 Å². The average Bonchev–Trinajstić information content (AvgIpc) is 2.68. The topological polar surface area (TPSA) is 72.1 Å². The molecule has 1 aromatic carbocycles. The van der Waals surface area contributed by atoms with Gasteiger partial charge in [0, 0.05) is 35.7 Å². The van der Waals surface area contributed by atoms with Crippen molar-refractivity contribution >= 4 is 22.6 Å². The molecule has 3 heterocycles. The van der Waals surface area contributed by atoms with Crippen LogP contribution in [0.2, 0.25) is 0 Å². The van der Waals surface area contributed by atoms with Gasteiger partial charge in [0.25, 0.3) is 0 Å². The predicted octanol–water partition coefficient (Wildman–Crippen LogP) is 4.38. The van der Waals surface area contributed by atoms with Gasteiger partial charge in [-0.3, -0.25) is 9.78 Å². The van der Waals surface area contributed by atoms with Crippen LogP contribution < -0.4 is 5.73 Å². The fraction of sp³-hybridized carbons (Fsp3) is 0.375. The van der Waals surface area contributed by atoms with Gasteiger partial charge in [-0.2, -0.15) is 0 Å². The standard InChI is InChI=1S/C24H28N4O/c1-4-20-9-11-28(20)24(29)16(3)12-19-14-18-13-17(7-8-21(18)27-23(19)25)22-15(2)6-5-10-26-22/h5-8,10,13-14,16,20H,4,9,11-12H2,1-3H3,(H2,25,27). The number of amides is 1. The number of fused-ring (bicyclic) bond motifs is 1. The predicted molar refractivity (Wildman–Crippen MR) is 117 cm³/mol. The summed E-state index contributed by atoms with van der Waals surface area (Å²) in [5.41, 5.74) is 11.2. The Bertz CT molecular complexity index is 1060. The van der Waals surface area contributed by atoms with E-state index in [1.807, 2.05) is 36.2 Å². The summed E-state index contributed by atoms with van der Waals surface area (Å²) >= 11 is 0. The molecule has 150 valence electrons. The number of benzene rings is 1. The highest BCUT2D eigenvalue weighted by Crippen LogP contribution is 2.29. The molecule has 1 aliphatic heterocycles.